The molecule has 2 rings (SSSR count). The highest BCUT2D eigenvalue weighted by Gasteiger charge is 2.09. The molecule has 5 heteroatoms. The van der Waals surface area contributed by atoms with Crippen LogP contribution in [0.25, 0.3) is 10.6 Å². The maximum Gasteiger partial charge on any atom is 0.141 e. The SMILES string of the molecule is Cn1nc(-c2cccs2)cc1C(=N)N. The Hall–Kier alpha value is -1.62. The van der Waals surface area contributed by atoms with Crippen molar-refractivity contribution in [2.24, 2.45) is 12.8 Å². The molecule has 14 heavy (non-hydrogen) atoms. The first-order valence-electron chi connectivity index (χ1n) is 4.11. The molecule has 2 aromatic heterocycles. The molecule has 0 saturated carbocycles. The van der Waals surface area contributed by atoms with Crippen LogP contribution in [0.1, 0.15) is 5.69 Å². The first-order valence-corrected chi connectivity index (χ1v) is 4.99. The average molecular weight is 206 g/mol. The molecule has 72 valence electrons. The number of thiophene rings is 1. The monoisotopic (exact) mass is 206 g/mol. The van der Waals surface area contributed by atoms with Crippen LogP contribution in [-0.4, -0.2) is 15.6 Å². The molecule has 0 atom stereocenters. The quantitative estimate of drug-likeness (QED) is 0.576. The lowest BCUT2D eigenvalue weighted by Crippen LogP contribution is -2.15. The van der Waals surface area contributed by atoms with Gasteiger partial charge in [-0.3, -0.25) is 10.1 Å². The van der Waals surface area contributed by atoms with E-state index in [4.69, 9.17) is 11.1 Å². The summed E-state index contributed by atoms with van der Waals surface area (Å²) in [5.74, 6) is 0.0443. The number of nitrogen functional groups attached to an aromatic ring is 1. The van der Waals surface area contributed by atoms with E-state index in [2.05, 4.69) is 5.10 Å². The fourth-order valence-electron chi connectivity index (χ4n) is 1.26. The van der Waals surface area contributed by atoms with E-state index in [0.29, 0.717) is 5.69 Å². The Bertz CT molecular complexity index is 455. The first-order chi connectivity index (χ1) is 6.68. The molecule has 0 aliphatic heterocycles. The van der Waals surface area contributed by atoms with Crippen LogP contribution < -0.4 is 5.73 Å². The molecular formula is C9H10N4S. The smallest absolute Gasteiger partial charge is 0.141 e. The molecule has 0 aliphatic carbocycles. The molecule has 0 saturated heterocycles. The normalized spacial score (nSPS) is 10.4. The van der Waals surface area contributed by atoms with Gasteiger partial charge in [0, 0.05) is 7.05 Å². The van der Waals surface area contributed by atoms with Crippen molar-refractivity contribution in [2.45, 2.75) is 0 Å². The number of aromatic nitrogens is 2. The van der Waals surface area contributed by atoms with Gasteiger partial charge in [0.2, 0.25) is 0 Å². The van der Waals surface area contributed by atoms with Gasteiger partial charge in [-0.25, -0.2) is 0 Å². The zero-order valence-electron chi connectivity index (χ0n) is 7.69. The van der Waals surface area contributed by atoms with E-state index in [1.807, 2.05) is 23.6 Å². The number of hydrogen-bond donors (Lipinski definition) is 2. The van der Waals surface area contributed by atoms with E-state index in [1.165, 1.54) is 0 Å². The maximum atomic E-state index is 7.34. The molecular weight excluding hydrogens is 196 g/mol. The van der Waals surface area contributed by atoms with Crippen molar-refractivity contribution in [1.82, 2.24) is 9.78 Å². The van der Waals surface area contributed by atoms with Gasteiger partial charge in [-0.05, 0) is 17.5 Å². The molecule has 3 N–H and O–H groups in total. The third kappa shape index (κ3) is 1.42. The Labute approximate surface area is 85.5 Å². The Morgan fingerprint density at radius 1 is 1.64 bits per heavy atom. The average Bonchev–Trinajstić information content (AvgIpc) is 2.70. The van der Waals surface area contributed by atoms with E-state index in [-0.39, 0.29) is 5.84 Å². The Morgan fingerprint density at radius 3 is 2.93 bits per heavy atom. The van der Waals surface area contributed by atoms with Crippen LogP contribution >= 0.6 is 11.3 Å². The summed E-state index contributed by atoms with van der Waals surface area (Å²) >= 11 is 1.62. The van der Waals surface area contributed by atoms with Gasteiger partial charge in [-0.1, -0.05) is 6.07 Å². The number of nitrogens with two attached hydrogens (primary N) is 1. The van der Waals surface area contributed by atoms with Gasteiger partial charge >= 0.3 is 0 Å². The molecule has 2 aromatic rings. The van der Waals surface area contributed by atoms with Crippen molar-refractivity contribution < 1.29 is 0 Å². The van der Waals surface area contributed by atoms with Crippen molar-refractivity contribution in [1.29, 1.82) is 5.41 Å². The maximum absolute atomic E-state index is 7.34. The Morgan fingerprint density at radius 2 is 2.43 bits per heavy atom. The highest BCUT2D eigenvalue weighted by atomic mass is 32.1. The Kier molecular flexibility index (Phi) is 2.09. The predicted molar refractivity (Wildman–Crippen MR) is 57.5 cm³/mol. The molecule has 0 amide bonds. The highest BCUT2D eigenvalue weighted by Crippen LogP contribution is 2.23. The highest BCUT2D eigenvalue weighted by molar-refractivity contribution is 7.13. The fraction of sp³-hybridized carbons (Fsp3) is 0.111. The number of hydrogen-bond acceptors (Lipinski definition) is 3. The van der Waals surface area contributed by atoms with Crippen molar-refractivity contribution in [3.05, 3.63) is 29.3 Å². The molecule has 0 radical (unpaired) electrons. The number of nitrogens with zero attached hydrogens (tertiary/aromatic N) is 2. The van der Waals surface area contributed by atoms with Crippen LogP contribution in [-0.2, 0) is 7.05 Å². The first kappa shape index (κ1) is 8.96. The lowest BCUT2D eigenvalue weighted by atomic mass is 10.3. The van der Waals surface area contributed by atoms with Crippen molar-refractivity contribution in [2.75, 3.05) is 0 Å². The summed E-state index contributed by atoms with van der Waals surface area (Å²) in [6.07, 6.45) is 0. The van der Waals surface area contributed by atoms with Gasteiger partial charge in [0.05, 0.1) is 4.88 Å². The molecule has 0 spiro atoms. The Balaban J connectivity index is 2.48. The molecule has 4 nitrogen and oxygen atoms in total. The van der Waals surface area contributed by atoms with Crippen molar-refractivity contribution in [3.8, 4) is 10.6 Å². The summed E-state index contributed by atoms with van der Waals surface area (Å²) in [7, 11) is 1.79. The zero-order chi connectivity index (χ0) is 10.1. The second kappa shape index (κ2) is 3.26. The van der Waals surface area contributed by atoms with Crippen LogP contribution in [0.3, 0.4) is 0 Å². The second-order valence-corrected chi connectivity index (χ2v) is 3.88. The van der Waals surface area contributed by atoms with Gasteiger partial charge < -0.3 is 5.73 Å². The molecule has 0 fully saturated rings. The van der Waals surface area contributed by atoms with E-state index < -0.39 is 0 Å². The summed E-state index contributed by atoms with van der Waals surface area (Å²) in [6, 6.07) is 5.80. The standard InChI is InChI=1S/C9H10N4S/c1-13-7(9(10)11)5-6(12-13)8-3-2-4-14-8/h2-5H,1H3,(H3,10,11). The minimum absolute atomic E-state index is 0.0443. The summed E-state index contributed by atoms with van der Waals surface area (Å²) in [5.41, 5.74) is 6.92. The van der Waals surface area contributed by atoms with Crippen LogP contribution in [0.15, 0.2) is 23.6 Å². The minimum atomic E-state index is 0.0443. The molecule has 0 unspecified atom stereocenters. The molecule has 2 heterocycles. The van der Waals surface area contributed by atoms with Gasteiger partial charge in [0.1, 0.15) is 17.2 Å². The second-order valence-electron chi connectivity index (χ2n) is 2.93. The fourth-order valence-corrected chi connectivity index (χ4v) is 1.95. The van der Waals surface area contributed by atoms with Gasteiger partial charge in [-0.15, -0.1) is 11.3 Å². The van der Waals surface area contributed by atoms with Gasteiger partial charge in [-0.2, -0.15) is 5.10 Å². The number of rotatable bonds is 2. The topological polar surface area (TPSA) is 67.7 Å². The van der Waals surface area contributed by atoms with Crippen molar-refractivity contribution >= 4 is 17.2 Å². The molecule has 0 aromatic carbocycles. The van der Waals surface area contributed by atoms with Gasteiger partial charge in [0.25, 0.3) is 0 Å². The van der Waals surface area contributed by atoms with E-state index in [9.17, 15) is 0 Å². The van der Waals surface area contributed by atoms with Gasteiger partial charge in [0.15, 0.2) is 0 Å². The van der Waals surface area contributed by atoms with Crippen LogP contribution in [0.2, 0.25) is 0 Å². The summed E-state index contributed by atoms with van der Waals surface area (Å²) in [6.45, 7) is 0. The lowest BCUT2D eigenvalue weighted by Gasteiger charge is -1.95. The van der Waals surface area contributed by atoms with E-state index in [1.54, 1.807) is 23.1 Å². The summed E-state index contributed by atoms with van der Waals surface area (Å²) in [4.78, 5) is 1.09. The van der Waals surface area contributed by atoms with Crippen LogP contribution in [0, 0.1) is 5.41 Å². The number of nitrogens with one attached hydrogen (secondary N) is 1. The number of amidine groups is 1. The predicted octanol–water partition coefficient (Wildman–Crippen LogP) is 1.43. The van der Waals surface area contributed by atoms with E-state index >= 15 is 0 Å². The van der Waals surface area contributed by atoms with Crippen molar-refractivity contribution in [3.63, 3.8) is 0 Å². The lowest BCUT2D eigenvalue weighted by molar-refractivity contribution is 0.761. The largest absolute Gasteiger partial charge is 0.382 e. The third-order valence-corrected chi connectivity index (χ3v) is 2.82. The zero-order valence-corrected chi connectivity index (χ0v) is 8.51. The summed E-state index contributed by atoms with van der Waals surface area (Å²) in [5, 5.41) is 13.6. The van der Waals surface area contributed by atoms with E-state index in [0.717, 1.165) is 10.6 Å². The number of aryl methyl sites for hydroxylation is 1. The summed E-state index contributed by atoms with van der Waals surface area (Å²) < 4.78 is 1.62. The van der Waals surface area contributed by atoms with Crippen LogP contribution in [0.5, 0.6) is 0 Å². The molecule has 0 aliphatic rings. The minimum Gasteiger partial charge on any atom is -0.382 e. The molecule has 0 bridgehead atoms. The van der Waals surface area contributed by atoms with Crippen LogP contribution in [0.4, 0.5) is 0 Å². The third-order valence-electron chi connectivity index (χ3n) is 1.93.